The summed E-state index contributed by atoms with van der Waals surface area (Å²) >= 11 is 0. The van der Waals surface area contributed by atoms with E-state index in [-0.39, 0.29) is 0 Å². The molecule has 2 fully saturated rings. The predicted octanol–water partition coefficient (Wildman–Crippen LogP) is 2.67. The van der Waals surface area contributed by atoms with Crippen LogP contribution in [0, 0.1) is 5.41 Å². The molecule has 1 spiro atoms. The molecular formula is C16H24N2O. The largest absolute Gasteiger partial charge is 0.495 e. The van der Waals surface area contributed by atoms with E-state index in [4.69, 9.17) is 4.74 Å². The summed E-state index contributed by atoms with van der Waals surface area (Å²) in [6.45, 7) is 4.74. The van der Waals surface area contributed by atoms with Crippen molar-refractivity contribution in [3.05, 3.63) is 24.3 Å². The van der Waals surface area contributed by atoms with Gasteiger partial charge in [0.25, 0.3) is 0 Å². The Morgan fingerprint density at radius 2 is 1.74 bits per heavy atom. The summed E-state index contributed by atoms with van der Waals surface area (Å²) in [6.07, 6.45) is 5.36. The molecule has 0 amide bonds. The third-order valence-electron chi connectivity index (χ3n) is 4.91. The average molecular weight is 260 g/mol. The molecule has 0 bridgehead atoms. The van der Waals surface area contributed by atoms with E-state index in [1.165, 1.54) is 57.5 Å². The molecule has 0 radical (unpaired) electrons. The van der Waals surface area contributed by atoms with E-state index >= 15 is 0 Å². The second kappa shape index (κ2) is 5.41. The second-order valence-electron chi connectivity index (χ2n) is 5.91. The maximum Gasteiger partial charge on any atom is 0.142 e. The van der Waals surface area contributed by atoms with Gasteiger partial charge >= 0.3 is 0 Å². The van der Waals surface area contributed by atoms with Crippen molar-refractivity contribution in [2.75, 3.05) is 38.2 Å². The summed E-state index contributed by atoms with van der Waals surface area (Å²) in [5.74, 6) is 1.00. The quantitative estimate of drug-likeness (QED) is 0.885. The first-order chi connectivity index (χ1) is 9.33. The Kier molecular flexibility index (Phi) is 3.65. The molecule has 0 atom stereocenters. The van der Waals surface area contributed by atoms with Crippen molar-refractivity contribution in [1.29, 1.82) is 0 Å². The summed E-state index contributed by atoms with van der Waals surface area (Å²) in [4.78, 5) is 2.49. The number of methoxy groups -OCH3 is 1. The van der Waals surface area contributed by atoms with Gasteiger partial charge in [0.2, 0.25) is 0 Å². The van der Waals surface area contributed by atoms with Gasteiger partial charge in [0, 0.05) is 13.1 Å². The van der Waals surface area contributed by atoms with Crippen LogP contribution in [0.5, 0.6) is 5.75 Å². The smallest absolute Gasteiger partial charge is 0.142 e. The molecule has 0 aliphatic carbocycles. The maximum atomic E-state index is 5.48. The van der Waals surface area contributed by atoms with Gasteiger partial charge in [-0.15, -0.1) is 0 Å². The van der Waals surface area contributed by atoms with Gasteiger partial charge in [-0.3, -0.25) is 0 Å². The van der Waals surface area contributed by atoms with E-state index in [0.717, 1.165) is 5.75 Å². The lowest BCUT2D eigenvalue weighted by molar-refractivity contribution is 0.154. The Morgan fingerprint density at radius 3 is 2.42 bits per heavy atom. The van der Waals surface area contributed by atoms with E-state index < -0.39 is 0 Å². The fraction of sp³-hybridized carbons (Fsp3) is 0.625. The van der Waals surface area contributed by atoms with E-state index in [2.05, 4.69) is 28.4 Å². The fourth-order valence-corrected chi connectivity index (χ4v) is 3.57. The van der Waals surface area contributed by atoms with E-state index in [9.17, 15) is 0 Å². The number of para-hydroxylation sites is 2. The molecular weight excluding hydrogens is 236 g/mol. The van der Waals surface area contributed by atoms with Crippen molar-refractivity contribution in [3.8, 4) is 5.75 Å². The number of nitrogens with zero attached hydrogens (tertiary/aromatic N) is 1. The molecule has 3 nitrogen and oxygen atoms in total. The van der Waals surface area contributed by atoms with E-state index in [0.29, 0.717) is 5.41 Å². The molecule has 1 aromatic rings. The van der Waals surface area contributed by atoms with Crippen LogP contribution in [-0.2, 0) is 0 Å². The van der Waals surface area contributed by atoms with Crippen molar-refractivity contribution in [3.63, 3.8) is 0 Å². The van der Waals surface area contributed by atoms with Crippen molar-refractivity contribution < 1.29 is 4.74 Å². The molecule has 3 rings (SSSR count). The van der Waals surface area contributed by atoms with Crippen LogP contribution < -0.4 is 15.0 Å². The minimum absolute atomic E-state index is 0.615. The topological polar surface area (TPSA) is 24.5 Å². The molecule has 104 valence electrons. The zero-order valence-electron chi connectivity index (χ0n) is 11.8. The van der Waals surface area contributed by atoms with Gasteiger partial charge in [0.05, 0.1) is 12.8 Å². The molecule has 0 aromatic heterocycles. The number of hydrogen-bond donors (Lipinski definition) is 1. The third-order valence-corrected chi connectivity index (χ3v) is 4.91. The van der Waals surface area contributed by atoms with Gasteiger partial charge in [0.15, 0.2) is 0 Å². The van der Waals surface area contributed by atoms with E-state index in [1.54, 1.807) is 7.11 Å². The SMILES string of the molecule is COc1ccccc1N1CCC2(CCNCC2)CC1. The predicted molar refractivity (Wildman–Crippen MR) is 79.0 cm³/mol. The molecule has 19 heavy (non-hydrogen) atoms. The van der Waals surface area contributed by atoms with Gasteiger partial charge in [0.1, 0.15) is 5.75 Å². The van der Waals surface area contributed by atoms with Gasteiger partial charge in [-0.1, -0.05) is 12.1 Å². The van der Waals surface area contributed by atoms with Crippen LogP contribution in [0.3, 0.4) is 0 Å². The highest BCUT2D eigenvalue weighted by Gasteiger charge is 2.35. The fourth-order valence-electron chi connectivity index (χ4n) is 3.57. The summed E-state index contributed by atoms with van der Waals surface area (Å²) in [7, 11) is 1.76. The summed E-state index contributed by atoms with van der Waals surface area (Å²) in [5, 5.41) is 3.48. The Morgan fingerprint density at radius 1 is 1.05 bits per heavy atom. The Hall–Kier alpha value is -1.22. The molecule has 3 heteroatoms. The Labute approximate surface area is 115 Å². The Bertz CT molecular complexity index is 417. The highest BCUT2D eigenvalue weighted by atomic mass is 16.5. The van der Waals surface area contributed by atoms with Crippen LogP contribution in [0.4, 0.5) is 5.69 Å². The number of anilines is 1. The number of ether oxygens (including phenoxy) is 1. The number of hydrogen-bond acceptors (Lipinski definition) is 3. The molecule has 2 aliphatic rings. The van der Waals surface area contributed by atoms with Crippen molar-refractivity contribution in [1.82, 2.24) is 5.32 Å². The van der Waals surface area contributed by atoms with Gasteiger partial charge < -0.3 is 15.0 Å². The second-order valence-corrected chi connectivity index (χ2v) is 5.91. The van der Waals surface area contributed by atoms with Gasteiger partial charge in [-0.2, -0.15) is 0 Å². The van der Waals surface area contributed by atoms with Crippen molar-refractivity contribution >= 4 is 5.69 Å². The molecule has 0 saturated carbocycles. The van der Waals surface area contributed by atoms with E-state index in [1.807, 2.05) is 6.07 Å². The monoisotopic (exact) mass is 260 g/mol. The van der Waals surface area contributed by atoms with Crippen LogP contribution in [0.25, 0.3) is 0 Å². The van der Waals surface area contributed by atoms with Crippen LogP contribution >= 0.6 is 0 Å². The first kappa shape index (κ1) is 12.8. The number of benzene rings is 1. The molecule has 1 aromatic carbocycles. The van der Waals surface area contributed by atoms with Crippen LogP contribution in [0.1, 0.15) is 25.7 Å². The summed E-state index contributed by atoms with van der Waals surface area (Å²) in [5.41, 5.74) is 1.87. The third kappa shape index (κ3) is 2.57. The molecule has 0 unspecified atom stereocenters. The van der Waals surface area contributed by atoms with Crippen LogP contribution in [0.15, 0.2) is 24.3 Å². The molecule has 2 aliphatic heterocycles. The summed E-state index contributed by atoms with van der Waals surface area (Å²) in [6, 6.07) is 8.39. The lowest BCUT2D eigenvalue weighted by Crippen LogP contribution is -2.45. The molecule has 2 heterocycles. The highest BCUT2D eigenvalue weighted by Crippen LogP contribution is 2.41. The first-order valence-corrected chi connectivity index (χ1v) is 7.42. The van der Waals surface area contributed by atoms with Crippen molar-refractivity contribution in [2.24, 2.45) is 5.41 Å². The van der Waals surface area contributed by atoms with Gasteiger partial charge in [-0.25, -0.2) is 0 Å². The standard InChI is InChI=1S/C16H24N2O/c1-19-15-5-3-2-4-14(15)18-12-8-16(9-13-18)6-10-17-11-7-16/h2-5,17H,6-13H2,1H3. The normalized spacial score (nSPS) is 22.5. The van der Waals surface area contributed by atoms with Gasteiger partial charge in [-0.05, 0) is 56.3 Å². The minimum atomic E-state index is 0.615. The van der Waals surface area contributed by atoms with Crippen LogP contribution in [-0.4, -0.2) is 33.3 Å². The summed E-state index contributed by atoms with van der Waals surface area (Å²) < 4.78 is 5.48. The first-order valence-electron chi connectivity index (χ1n) is 7.42. The highest BCUT2D eigenvalue weighted by molar-refractivity contribution is 5.58. The zero-order valence-corrected chi connectivity index (χ0v) is 11.8. The number of rotatable bonds is 2. The van der Waals surface area contributed by atoms with Crippen molar-refractivity contribution in [2.45, 2.75) is 25.7 Å². The van der Waals surface area contributed by atoms with Crippen LogP contribution in [0.2, 0.25) is 0 Å². The lowest BCUT2D eigenvalue weighted by Gasteiger charge is -2.45. The average Bonchev–Trinajstić information content (AvgIpc) is 2.49. The molecule has 2 saturated heterocycles. The zero-order chi connectivity index (χ0) is 13.1. The number of piperidine rings is 2. The number of nitrogens with one attached hydrogen (secondary N) is 1. The Balaban J connectivity index is 1.69. The minimum Gasteiger partial charge on any atom is -0.495 e. The molecule has 1 N–H and O–H groups in total. The maximum absolute atomic E-state index is 5.48. The lowest BCUT2D eigenvalue weighted by atomic mass is 9.71.